The molecule has 4 aromatic rings. The highest BCUT2D eigenvalue weighted by Crippen LogP contribution is 2.40. The van der Waals surface area contributed by atoms with Crippen molar-refractivity contribution in [2.24, 2.45) is 0 Å². The number of fused-ring (bicyclic) bond motifs is 1. The molecule has 40 heavy (non-hydrogen) atoms. The Bertz CT molecular complexity index is 1590. The maximum absolute atomic E-state index is 13.7. The van der Waals surface area contributed by atoms with Crippen molar-refractivity contribution in [2.75, 3.05) is 11.9 Å². The number of hydrogen-bond acceptors (Lipinski definition) is 7. The first-order valence-corrected chi connectivity index (χ1v) is 12.9. The summed E-state index contributed by atoms with van der Waals surface area (Å²) in [5, 5.41) is 12.8. The Balaban J connectivity index is 1.24. The number of anilines is 1. The molecule has 2 atom stereocenters. The second-order valence-corrected chi connectivity index (χ2v) is 9.69. The number of ketones is 1. The number of pyridine rings is 2. The molecule has 0 saturated carbocycles. The normalized spacial score (nSPS) is 17.8. The van der Waals surface area contributed by atoms with Gasteiger partial charge in [-0.2, -0.15) is 5.10 Å². The molecule has 0 aliphatic carbocycles. The van der Waals surface area contributed by atoms with E-state index in [0.29, 0.717) is 17.8 Å². The number of amides is 3. The highest BCUT2D eigenvalue weighted by Gasteiger charge is 2.43. The van der Waals surface area contributed by atoms with Crippen LogP contribution in [-0.4, -0.2) is 55.1 Å². The molecule has 3 amide bonds. The molecule has 1 fully saturated rings. The number of Topliss-reactive ketones (excluding diaryl/α,β-unsaturated/α-hetero) is 1. The first kappa shape index (κ1) is 25.1. The molecule has 2 aliphatic heterocycles. The van der Waals surface area contributed by atoms with Crippen LogP contribution in [0.4, 0.5) is 5.82 Å². The van der Waals surface area contributed by atoms with Crippen LogP contribution in [0, 0.1) is 0 Å². The molecule has 200 valence electrons. The zero-order valence-electron chi connectivity index (χ0n) is 21.3. The fourth-order valence-corrected chi connectivity index (χ4v) is 5.20. The van der Waals surface area contributed by atoms with Gasteiger partial charge in [-0.3, -0.25) is 34.2 Å². The molecule has 11 heteroatoms. The Morgan fingerprint density at radius 3 is 2.33 bits per heavy atom. The number of H-pyrrole nitrogens is 1. The third-order valence-electron chi connectivity index (χ3n) is 7.16. The average Bonchev–Trinajstić information content (AvgIpc) is 3.69. The van der Waals surface area contributed by atoms with E-state index in [0.717, 1.165) is 17.5 Å². The van der Waals surface area contributed by atoms with Crippen molar-refractivity contribution in [1.29, 1.82) is 0 Å². The molecule has 6 rings (SSSR count). The van der Waals surface area contributed by atoms with Crippen molar-refractivity contribution < 1.29 is 19.2 Å². The van der Waals surface area contributed by atoms with E-state index in [9.17, 15) is 19.2 Å². The van der Waals surface area contributed by atoms with Gasteiger partial charge in [0, 0.05) is 24.5 Å². The minimum absolute atomic E-state index is 0.0169. The van der Waals surface area contributed by atoms with Crippen LogP contribution in [-0.2, 0) is 22.6 Å². The number of carbonyl (C=O) groups excluding carboxylic acids is 4. The van der Waals surface area contributed by atoms with Gasteiger partial charge in [-0.25, -0.2) is 0 Å². The van der Waals surface area contributed by atoms with Gasteiger partial charge in [0.2, 0.25) is 17.6 Å². The summed E-state index contributed by atoms with van der Waals surface area (Å²) in [6.07, 6.45) is 3.84. The number of aromatic amines is 1. The molecule has 3 aromatic heterocycles. The lowest BCUT2D eigenvalue weighted by atomic mass is 9.96. The maximum atomic E-state index is 13.7. The van der Waals surface area contributed by atoms with E-state index >= 15 is 0 Å². The Morgan fingerprint density at radius 1 is 0.950 bits per heavy atom. The Hall–Kier alpha value is -5.19. The van der Waals surface area contributed by atoms with Crippen molar-refractivity contribution in [3.05, 3.63) is 107 Å². The van der Waals surface area contributed by atoms with Crippen molar-refractivity contribution in [2.45, 2.75) is 31.3 Å². The molecular formula is C29H25N7O4. The fraction of sp³-hybridized carbons (Fsp3) is 0.207. The lowest BCUT2D eigenvalue weighted by Gasteiger charge is -2.24. The molecule has 0 bridgehead atoms. The summed E-state index contributed by atoms with van der Waals surface area (Å²) in [6, 6.07) is 16.3. The third kappa shape index (κ3) is 4.73. The predicted octanol–water partition coefficient (Wildman–Crippen LogP) is 2.56. The fourth-order valence-electron chi connectivity index (χ4n) is 5.20. The summed E-state index contributed by atoms with van der Waals surface area (Å²) in [4.78, 5) is 61.9. The quantitative estimate of drug-likeness (QED) is 0.308. The van der Waals surface area contributed by atoms with Gasteiger partial charge in [0.25, 0.3) is 5.91 Å². The van der Waals surface area contributed by atoms with Crippen LogP contribution in [0.1, 0.15) is 61.7 Å². The number of nitrogens with zero attached hydrogens (tertiary/aromatic N) is 4. The van der Waals surface area contributed by atoms with Crippen molar-refractivity contribution in [3.63, 3.8) is 0 Å². The van der Waals surface area contributed by atoms with Gasteiger partial charge in [0.05, 0.1) is 24.6 Å². The van der Waals surface area contributed by atoms with Crippen molar-refractivity contribution >= 4 is 29.3 Å². The summed E-state index contributed by atoms with van der Waals surface area (Å²) < 4.78 is 0. The third-order valence-corrected chi connectivity index (χ3v) is 7.16. The van der Waals surface area contributed by atoms with E-state index < -0.39 is 17.7 Å². The first-order valence-electron chi connectivity index (χ1n) is 12.9. The minimum atomic E-state index is -1.05. The highest BCUT2D eigenvalue weighted by atomic mass is 16.2. The van der Waals surface area contributed by atoms with E-state index in [2.05, 4.69) is 30.8 Å². The molecule has 2 unspecified atom stereocenters. The molecule has 0 spiro atoms. The lowest BCUT2D eigenvalue weighted by molar-refractivity contribution is -0.120. The van der Waals surface area contributed by atoms with Gasteiger partial charge in [0.1, 0.15) is 17.4 Å². The molecule has 11 nitrogen and oxygen atoms in total. The number of rotatable bonds is 7. The van der Waals surface area contributed by atoms with Crippen molar-refractivity contribution in [3.8, 4) is 0 Å². The molecular weight excluding hydrogens is 510 g/mol. The van der Waals surface area contributed by atoms with E-state index in [1.165, 1.54) is 17.3 Å². The second kappa shape index (κ2) is 10.5. The molecule has 1 aromatic carbocycles. The molecule has 3 N–H and O–H groups in total. The van der Waals surface area contributed by atoms with E-state index in [4.69, 9.17) is 0 Å². The number of carbonyl (C=O) groups is 4. The number of benzene rings is 1. The maximum Gasteiger partial charge on any atom is 0.273 e. The van der Waals surface area contributed by atoms with Crippen LogP contribution < -0.4 is 10.6 Å². The van der Waals surface area contributed by atoms with Crippen molar-refractivity contribution in [1.82, 2.24) is 30.4 Å². The summed E-state index contributed by atoms with van der Waals surface area (Å²) in [5.41, 5.74) is 3.04. The van der Waals surface area contributed by atoms with Crippen LogP contribution >= 0.6 is 0 Å². The lowest BCUT2D eigenvalue weighted by Crippen LogP contribution is -2.35. The van der Waals surface area contributed by atoms with E-state index in [-0.39, 0.29) is 47.9 Å². The topological polar surface area (TPSA) is 150 Å². The van der Waals surface area contributed by atoms with E-state index in [1.54, 1.807) is 36.4 Å². The molecule has 2 aliphatic rings. The number of aromatic nitrogens is 4. The monoisotopic (exact) mass is 535 g/mol. The number of hydrogen-bond donors (Lipinski definition) is 3. The van der Waals surface area contributed by atoms with Crippen LogP contribution in [0.3, 0.4) is 0 Å². The second-order valence-electron chi connectivity index (χ2n) is 9.69. The number of nitrogens with one attached hydrogen (secondary N) is 3. The van der Waals surface area contributed by atoms with Crippen LogP contribution in [0.5, 0.6) is 0 Å². The Morgan fingerprint density at radius 2 is 1.68 bits per heavy atom. The largest absolute Gasteiger partial charge is 0.356 e. The first-order chi connectivity index (χ1) is 19.5. The summed E-state index contributed by atoms with van der Waals surface area (Å²) in [6.45, 7) is 0.753. The predicted molar refractivity (Wildman–Crippen MR) is 143 cm³/mol. The summed E-state index contributed by atoms with van der Waals surface area (Å²) >= 11 is 0. The minimum Gasteiger partial charge on any atom is -0.356 e. The zero-order valence-corrected chi connectivity index (χ0v) is 21.3. The SMILES string of the molecule is O=C(Cc1ccc(C2CCNC2=O)cc1)Nc1n[nH]c2c1C(C(=O)c1ccccn1)N(C(=O)c1ccccn1)C2. The standard InChI is InChI=1S/C29H25N7O4/c37-23(15-17-7-9-18(10-8-17)19-11-14-32-28(19)39)33-27-24-22(34-35-27)16-36(29(40)21-6-2-4-13-31-21)25(24)26(38)20-5-1-3-12-30-20/h1-10,12-13,19,25H,11,14-16H2,(H,32,39)(H2,33,34,35,37). The molecule has 5 heterocycles. The van der Waals surface area contributed by atoms with Gasteiger partial charge in [-0.15, -0.1) is 0 Å². The van der Waals surface area contributed by atoms with E-state index in [1.807, 2.05) is 24.3 Å². The molecule has 0 radical (unpaired) electrons. The van der Waals surface area contributed by atoms with Gasteiger partial charge in [0.15, 0.2) is 5.82 Å². The highest BCUT2D eigenvalue weighted by molar-refractivity contribution is 6.05. The molecule has 1 saturated heterocycles. The van der Waals surface area contributed by atoms with Crippen LogP contribution in [0.25, 0.3) is 0 Å². The Labute approximate surface area is 229 Å². The van der Waals surface area contributed by atoms with Crippen LogP contribution in [0.2, 0.25) is 0 Å². The van der Waals surface area contributed by atoms with Gasteiger partial charge < -0.3 is 15.5 Å². The van der Waals surface area contributed by atoms with Crippen LogP contribution in [0.15, 0.2) is 73.1 Å². The summed E-state index contributed by atoms with van der Waals surface area (Å²) in [7, 11) is 0. The zero-order chi connectivity index (χ0) is 27.6. The smallest absolute Gasteiger partial charge is 0.273 e. The van der Waals surface area contributed by atoms with Gasteiger partial charge in [-0.05, 0) is 41.8 Å². The summed E-state index contributed by atoms with van der Waals surface area (Å²) in [5.74, 6) is -1.12. The van der Waals surface area contributed by atoms with Gasteiger partial charge in [-0.1, -0.05) is 36.4 Å². The van der Waals surface area contributed by atoms with Gasteiger partial charge >= 0.3 is 0 Å². The Kier molecular flexibility index (Phi) is 6.61. The average molecular weight is 536 g/mol.